The average molecular weight is 190 g/mol. The molecular weight excluding hydrogens is 176 g/mol. The van der Waals surface area contributed by atoms with E-state index < -0.39 is 0 Å². The molecule has 0 spiro atoms. The Morgan fingerprint density at radius 1 is 0.857 bits per heavy atom. The van der Waals surface area contributed by atoms with E-state index in [9.17, 15) is 10.2 Å². The van der Waals surface area contributed by atoms with E-state index in [1.165, 1.54) is 0 Å². The molecule has 2 unspecified atom stereocenters. The van der Waals surface area contributed by atoms with Crippen LogP contribution < -0.4 is 0 Å². The fourth-order valence-corrected chi connectivity index (χ4v) is 3.14. The van der Waals surface area contributed by atoms with E-state index in [4.69, 9.17) is 0 Å². The first-order valence-corrected chi connectivity index (χ1v) is 5.08. The molecule has 14 heavy (non-hydrogen) atoms. The zero-order chi connectivity index (χ0) is 9.81. The van der Waals surface area contributed by atoms with Crippen molar-refractivity contribution in [2.45, 2.75) is 0 Å². The molecule has 0 saturated heterocycles. The molecule has 4 bridgehead atoms. The monoisotopic (exact) mass is 190 g/mol. The molecule has 4 aliphatic carbocycles. The highest BCUT2D eigenvalue weighted by Crippen LogP contribution is 2.72. The second kappa shape index (κ2) is 2.38. The Labute approximate surface area is 83.3 Å². The summed E-state index contributed by atoms with van der Waals surface area (Å²) in [6, 6.07) is 0. The Bertz CT molecular complexity index is 327. The van der Waals surface area contributed by atoms with Crippen LogP contribution in [0.5, 0.6) is 0 Å². The van der Waals surface area contributed by atoms with Crippen LogP contribution in [0.15, 0.2) is 36.5 Å². The van der Waals surface area contributed by atoms with E-state index in [2.05, 4.69) is 36.5 Å². The van der Waals surface area contributed by atoms with E-state index in [-0.39, 0.29) is 30.0 Å². The summed E-state index contributed by atoms with van der Waals surface area (Å²) < 4.78 is 0. The van der Waals surface area contributed by atoms with Gasteiger partial charge in [-0.15, -0.1) is 0 Å². The predicted octanol–water partition coefficient (Wildman–Crippen LogP) is 0.886. The Morgan fingerprint density at radius 3 is 1.93 bits per heavy atom. The fraction of sp³-hybridized carbons (Fsp3) is 0.500. The molecule has 0 aromatic carbocycles. The number of rotatable bonds is 2. The number of hydrogen-bond donors (Lipinski definition) is 2. The molecule has 0 radical (unpaired) electrons. The molecule has 2 N–H and O–H groups in total. The van der Waals surface area contributed by atoms with Gasteiger partial charge in [0.05, 0.1) is 13.2 Å². The molecule has 0 amide bonds. The van der Waals surface area contributed by atoms with Crippen LogP contribution in [0.4, 0.5) is 0 Å². The Hall–Kier alpha value is -0.860. The highest BCUT2D eigenvalue weighted by Gasteiger charge is 2.72. The van der Waals surface area contributed by atoms with Crippen molar-refractivity contribution in [2.75, 3.05) is 13.2 Å². The first-order chi connectivity index (χ1) is 6.79. The smallest absolute Gasteiger partial charge is 0.0537 e. The molecule has 2 atom stereocenters. The van der Waals surface area contributed by atoms with Crippen LogP contribution in [-0.4, -0.2) is 23.4 Å². The lowest BCUT2D eigenvalue weighted by Crippen LogP contribution is -2.17. The van der Waals surface area contributed by atoms with Crippen molar-refractivity contribution < 1.29 is 10.2 Å². The average Bonchev–Trinajstić information content (AvgIpc) is 2.90. The van der Waals surface area contributed by atoms with E-state index in [0.29, 0.717) is 5.92 Å². The van der Waals surface area contributed by atoms with Crippen molar-refractivity contribution in [3.8, 4) is 0 Å². The zero-order valence-electron chi connectivity index (χ0n) is 7.93. The number of hydrogen-bond acceptors (Lipinski definition) is 2. The standard InChI is InChI=1S/C12H14O2/c13-7-11-5-3-9-1-2-10(11)12(11,8-14)6-4-9/h1-6,9-10,13-14H,7-8H2. The third kappa shape index (κ3) is 0.677. The molecule has 0 aromatic heterocycles. The molecule has 0 aromatic rings. The van der Waals surface area contributed by atoms with Gasteiger partial charge in [0, 0.05) is 22.7 Å². The van der Waals surface area contributed by atoms with Crippen LogP contribution in [-0.2, 0) is 0 Å². The van der Waals surface area contributed by atoms with Crippen molar-refractivity contribution in [3.63, 3.8) is 0 Å². The largest absolute Gasteiger partial charge is 0.395 e. The van der Waals surface area contributed by atoms with Crippen molar-refractivity contribution in [1.29, 1.82) is 0 Å². The summed E-state index contributed by atoms with van der Waals surface area (Å²) in [5.41, 5.74) is -0.444. The van der Waals surface area contributed by atoms with E-state index in [1.54, 1.807) is 0 Å². The van der Waals surface area contributed by atoms with Crippen molar-refractivity contribution in [3.05, 3.63) is 36.5 Å². The summed E-state index contributed by atoms with van der Waals surface area (Å²) in [7, 11) is 0. The first kappa shape index (κ1) is 8.45. The minimum atomic E-state index is -0.222. The summed E-state index contributed by atoms with van der Waals surface area (Å²) in [5.74, 6) is 0.631. The van der Waals surface area contributed by atoms with Crippen LogP contribution in [0.3, 0.4) is 0 Å². The molecule has 2 nitrogen and oxygen atoms in total. The summed E-state index contributed by atoms with van der Waals surface area (Å²) in [6.07, 6.45) is 12.7. The summed E-state index contributed by atoms with van der Waals surface area (Å²) in [5, 5.41) is 19.0. The highest BCUT2D eigenvalue weighted by atomic mass is 16.3. The van der Waals surface area contributed by atoms with Crippen LogP contribution in [0.1, 0.15) is 0 Å². The van der Waals surface area contributed by atoms with Gasteiger partial charge >= 0.3 is 0 Å². The van der Waals surface area contributed by atoms with Gasteiger partial charge in [0.2, 0.25) is 0 Å². The molecule has 74 valence electrons. The van der Waals surface area contributed by atoms with E-state index >= 15 is 0 Å². The predicted molar refractivity (Wildman–Crippen MR) is 53.4 cm³/mol. The molecule has 0 heterocycles. The van der Waals surface area contributed by atoms with Gasteiger partial charge in [-0.05, 0) is 0 Å². The Morgan fingerprint density at radius 2 is 1.43 bits per heavy atom. The third-order valence-electron chi connectivity index (χ3n) is 4.17. The number of aliphatic hydroxyl groups is 2. The van der Waals surface area contributed by atoms with Crippen LogP contribution in [0, 0.1) is 22.7 Å². The maximum atomic E-state index is 9.50. The summed E-state index contributed by atoms with van der Waals surface area (Å²) in [6.45, 7) is 0.242. The van der Waals surface area contributed by atoms with Crippen LogP contribution >= 0.6 is 0 Å². The zero-order valence-corrected chi connectivity index (χ0v) is 7.93. The van der Waals surface area contributed by atoms with Crippen molar-refractivity contribution in [1.82, 2.24) is 0 Å². The topological polar surface area (TPSA) is 40.5 Å². The lowest BCUT2D eigenvalue weighted by atomic mass is 9.94. The van der Waals surface area contributed by atoms with E-state index in [1.807, 2.05) is 0 Å². The molecule has 1 fully saturated rings. The molecule has 4 rings (SSSR count). The fourth-order valence-electron chi connectivity index (χ4n) is 3.14. The second-order valence-electron chi connectivity index (χ2n) is 4.56. The van der Waals surface area contributed by atoms with Gasteiger partial charge in [-0.1, -0.05) is 36.5 Å². The van der Waals surface area contributed by atoms with Crippen molar-refractivity contribution >= 4 is 0 Å². The minimum Gasteiger partial charge on any atom is -0.395 e. The van der Waals surface area contributed by atoms with Gasteiger partial charge in [0.15, 0.2) is 0 Å². The summed E-state index contributed by atoms with van der Waals surface area (Å²) >= 11 is 0. The lowest BCUT2D eigenvalue weighted by molar-refractivity contribution is 0.171. The van der Waals surface area contributed by atoms with Crippen LogP contribution in [0.2, 0.25) is 0 Å². The SMILES string of the molecule is OCC12C=CC3C=CC1C2(CO)C=C3. The van der Waals surface area contributed by atoms with Gasteiger partial charge in [-0.2, -0.15) is 0 Å². The summed E-state index contributed by atoms with van der Waals surface area (Å²) in [4.78, 5) is 0. The normalized spacial score (nSPS) is 51.9. The quantitative estimate of drug-likeness (QED) is 0.635. The van der Waals surface area contributed by atoms with Crippen LogP contribution in [0.25, 0.3) is 0 Å². The molecule has 0 aliphatic heterocycles. The maximum Gasteiger partial charge on any atom is 0.0537 e. The second-order valence-corrected chi connectivity index (χ2v) is 4.56. The lowest BCUT2D eigenvalue weighted by Gasteiger charge is -2.14. The van der Waals surface area contributed by atoms with Crippen molar-refractivity contribution in [2.24, 2.45) is 22.7 Å². The van der Waals surface area contributed by atoms with Gasteiger partial charge < -0.3 is 10.2 Å². The minimum absolute atomic E-state index is 0.121. The number of allylic oxidation sites excluding steroid dienone is 4. The molecule has 2 heteroatoms. The van der Waals surface area contributed by atoms with Gasteiger partial charge in [-0.25, -0.2) is 0 Å². The van der Waals surface area contributed by atoms with Gasteiger partial charge in [0.1, 0.15) is 0 Å². The van der Waals surface area contributed by atoms with E-state index in [0.717, 1.165) is 0 Å². The molecular formula is C12H14O2. The first-order valence-electron chi connectivity index (χ1n) is 5.08. The Kier molecular flexibility index (Phi) is 1.44. The Balaban J connectivity index is 2.17. The number of aliphatic hydroxyl groups excluding tert-OH is 2. The maximum absolute atomic E-state index is 9.50. The highest BCUT2D eigenvalue weighted by molar-refractivity contribution is 5.44. The third-order valence-corrected chi connectivity index (χ3v) is 4.17. The van der Waals surface area contributed by atoms with Gasteiger partial charge in [0.25, 0.3) is 0 Å². The van der Waals surface area contributed by atoms with Gasteiger partial charge in [-0.3, -0.25) is 0 Å². The molecule has 4 aliphatic rings. The molecule has 1 saturated carbocycles.